The van der Waals surface area contributed by atoms with Gasteiger partial charge in [-0.05, 0) is 54.0 Å². The van der Waals surface area contributed by atoms with Gasteiger partial charge in [-0.2, -0.15) is 10.1 Å². The van der Waals surface area contributed by atoms with Crippen LogP contribution in [0.25, 0.3) is 17.1 Å². The van der Waals surface area contributed by atoms with Crippen LogP contribution in [-0.2, 0) is 6.54 Å². The van der Waals surface area contributed by atoms with Gasteiger partial charge in [0.25, 0.3) is 0 Å². The van der Waals surface area contributed by atoms with Crippen molar-refractivity contribution in [2.75, 3.05) is 0 Å². The minimum Gasteiger partial charge on any atom is -0.299 e. The zero-order valence-corrected chi connectivity index (χ0v) is 16.2. The van der Waals surface area contributed by atoms with Crippen LogP contribution in [-0.4, -0.2) is 30.0 Å². The van der Waals surface area contributed by atoms with Gasteiger partial charge in [-0.25, -0.2) is 4.68 Å². The quantitative estimate of drug-likeness (QED) is 0.539. The first-order chi connectivity index (χ1) is 13.5. The molecular weight excluding hydrogens is 370 g/mol. The monoisotopic (exact) mass is 387 g/mol. The maximum Gasteiger partial charge on any atom is 0.209 e. The molecule has 0 aliphatic heterocycles. The second kappa shape index (κ2) is 7.21. The molecule has 0 spiro atoms. The summed E-state index contributed by atoms with van der Waals surface area (Å²) in [6.45, 7) is 4.56. The average Bonchev–Trinajstić information content (AvgIpc) is 3.31. The Hall–Kier alpha value is -3.57. The van der Waals surface area contributed by atoms with Gasteiger partial charge >= 0.3 is 0 Å². The number of benzene rings is 2. The highest BCUT2D eigenvalue weighted by Gasteiger charge is 2.13. The lowest BCUT2D eigenvalue weighted by atomic mass is 10.1. The van der Waals surface area contributed by atoms with Gasteiger partial charge in [-0.3, -0.25) is 5.10 Å². The predicted molar refractivity (Wildman–Crippen MR) is 107 cm³/mol. The Bertz CT molecular complexity index is 1240. The molecule has 0 amide bonds. The molecule has 28 heavy (non-hydrogen) atoms. The largest absolute Gasteiger partial charge is 0.299 e. The summed E-state index contributed by atoms with van der Waals surface area (Å²) in [6, 6.07) is 15.6. The number of H-pyrrole nitrogens is 1. The maximum absolute atomic E-state index is 8.89. The van der Waals surface area contributed by atoms with Gasteiger partial charge in [0.2, 0.25) is 5.82 Å². The van der Waals surface area contributed by atoms with Crippen LogP contribution < -0.4 is 0 Å². The standard InChI is InChI=1S/C20H17N7S/c1-13-3-4-14(2)18(9-13)27-20(28)17(11-22-27)19-23-25-26(24-19)12-16-7-5-15(10-21)6-8-16/h3-9,11,22H,12H2,1-2H3. The zero-order chi connectivity index (χ0) is 19.7. The molecule has 0 bridgehead atoms. The highest BCUT2D eigenvalue weighted by Crippen LogP contribution is 2.21. The fourth-order valence-corrected chi connectivity index (χ4v) is 3.24. The average molecular weight is 387 g/mol. The van der Waals surface area contributed by atoms with Crippen molar-refractivity contribution in [3.63, 3.8) is 0 Å². The Morgan fingerprint density at radius 1 is 1.14 bits per heavy atom. The summed E-state index contributed by atoms with van der Waals surface area (Å²) in [5.74, 6) is 0.471. The van der Waals surface area contributed by atoms with Crippen molar-refractivity contribution in [1.29, 1.82) is 5.26 Å². The van der Waals surface area contributed by atoms with Crippen LogP contribution in [0.1, 0.15) is 22.3 Å². The molecule has 0 fully saturated rings. The molecular formula is C20H17N7S. The number of rotatable bonds is 4. The summed E-state index contributed by atoms with van der Waals surface area (Å²) >= 11 is 5.64. The van der Waals surface area contributed by atoms with E-state index in [1.165, 1.54) is 4.80 Å². The minimum atomic E-state index is 0.465. The van der Waals surface area contributed by atoms with Crippen LogP contribution >= 0.6 is 12.2 Å². The number of aromatic amines is 1. The highest BCUT2D eigenvalue weighted by molar-refractivity contribution is 7.71. The molecule has 7 nitrogen and oxygen atoms in total. The molecule has 2 aromatic heterocycles. The number of tetrazole rings is 1. The highest BCUT2D eigenvalue weighted by atomic mass is 32.1. The summed E-state index contributed by atoms with van der Waals surface area (Å²) in [7, 11) is 0. The summed E-state index contributed by atoms with van der Waals surface area (Å²) in [5.41, 5.74) is 5.61. The van der Waals surface area contributed by atoms with Gasteiger partial charge in [0, 0.05) is 6.20 Å². The van der Waals surface area contributed by atoms with Crippen LogP contribution in [0, 0.1) is 29.8 Å². The van der Waals surface area contributed by atoms with Crippen LogP contribution in [0.3, 0.4) is 0 Å². The molecule has 0 radical (unpaired) electrons. The number of aromatic nitrogens is 6. The van der Waals surface area contributed by atoms with Crippen molar-refractivity contribution in [3.8, 4) is 23.1 Å². The Morgan fingerprint density at radius 2 is 1.93 bits per heavy atom. The van der Waals surface area contributed by atoms with Crippen molar-refractivity contribution < 1.29 is 0 Å². The molecule has 0 aliphatic carbocycles. The first-order valence-corrected chi connectivity index (χ1v) is 9.11. The normalized spacial score (nSPS) is 10.8. The summed E-state index contributed by atoms with van der Waals surface area (Å²) in [4.78, 5) is 1.51. The molecule has 0 saturated carbocycles. The number of nitrogens with zero attached hydrogens (tertiary/aromatic N) is 6. The van der Waals surface area contributed by atoms with Gasteiger partial charge in [0.1, 0.15) is 4.64 Å². The fourth-order valence-electron chi connectivity index (χ4n) is 2.94. The molecule has 2 heterocycles. The number of hydrogen-bond acceptors (Lipinski definition) is 5. The second-order valence-electron chi connectivity index (χ2n) is 6.57. The van der Waals surface area contributed by atoms with E-state index in [4.69, 9.17) is 17.5 Å². The number of nitrogens with one attached hydrogen (secondary N) is 1. The zero-order valence-electron chi connectivity index (χ0n) is 15.4. The van der Waals surface area contributed by atoms with Crippen LogP contribution in [0.5, 0.6) is 0 Å². The Labute approximate surface area is 166 Å². The van der Waals surface area contributed by atoms with Gasteiger partial charge < -0.3 is 0 Å². The molecule has 0 atom stereocenters. The summed E-state index contributed by atoms with van der Waals surface area (Å²) < 4.78 is 2.46. The van der Waals surface area contributed by atoms with Crippen LogP contribution in [0.2, 0.25) is 0 Å². The fraction of sp³-hybridized carbons (Fsp3) is 0.150. The number of nitriles is 1. The molecule has 0 aliphatic rings. The van der Waals surface area contributed by atoms with Crippen molar-refractivity contribution in [2.45, 2.75) is 20.4 Å². The van der Waals surface area contributed by atoms with E-state index in [9.17, 15) is 0 Å². The van der Waals surface area contributed by atoms with E-state index < -0.39 is 0 Å². The molecule has 138 valence electrons. The lowest BCUT2D eigenvalue weighted by molar-refractivity contribution is 0.573. The van der Waals surface area contributed by atoms with Gasteiger partial charge in [0.15, 0.2) is 0 Å². The van der Waals surface area contributed by atoms with Gasteiger partial charge in [0.05, 0.1) is 29.4 Å². The second-order valence-corrected chi connectivity index (χ2v) is 6.96. The summed E-state index contributed by atoms with van der Waals surface area (Å²) in [5, 5.41) is 24.8. The van der Waals surface area contributed by atoms with Crippen molar-refractivity contribution >= 4 is 12.2 Å². The molecule has 4 aromatic rings. The van der Waals surface area contributed by atoms with Crippen molar-refractivity contribution in [1.82, 2.24) is 30.0 Å². The van der Waals surface area contributed by atoms with Crippen molar-refractivity contribution in [2.24, 2.45) is 0 Å². The van der Waals surface area contributed by atoms with Gasteiger partial charge in [-0.15, -0.1) is 10.2 Å². The van der Waals surface area contributed by atoms with Crippen LogP contribution in [0.4, 0.5) is 0 Å². The molecule has 0 saturated heterocycles. The topological polar surface area (TPSA) is 88.1 Å². The van der Waals surface area contributed by atoms with E-state index in [1.54, 1.807) is 18.3 Å². The molecule has 1 N–H and O–H groups in total. The maximum atomic E-state index is 8.89. The van der Waals surface area contributed by atoms with E-state index in [0.29, 0.717) is 22.6 Å². The SMILES string of the molecule is Cc1ccc(C)c(-n2[nH]cc(-c3nnn(Cc4ccc(C#N)cc4)n3)c2=S)c1. The van der Waals surface area contributed by atoms with Crippen molar-refractivity contribution in [3.05, 3.63) is 75.6 Å². The summed E-state index contributed by atoms with van der Waals surface area (Å²) in [6.07, 6.45) is 1.80. The third kappa shape index (κ3) is 3.35. The first kappa shape index (κ1) is 17.8. The lowest BCUT2D eigenvalue weighted by Gasteiger charge is -2.07. The van der Waals surface area contributed by atoms with E-state index in [2.05, 4.69) is 44.8 Å². The van der Waals surface area contributed by atoms with Gasteiger partial charge in [-0.1, -0.05) is 36.5 Å². The number of hydrogen-bond donors (Lipinski definition) is 1. The van der Waals surface area contributed by atoms with Crippen LogP contribution in [0.15, 0.2) is 48.7 Å². The van der Waals surface area contributed by atoms with E-state index in [0.717, 1.165) is 27.9 Å². The molecule has 8 heteroatoms. The molecule has 4 rings (SSSR count). The smallest absolute Gasteiger partial charge is 0.209 e. The Kier molecular flexibility index (Phi) is 4.59. The van der Waals surface area contributed by atoms with E-state index in [1.807, 2.05) is 30.7 Å². The van der Waals surface area contributed by atoms with E-state index in [-0.39, 0.29) is 0 Å². The first-order valence-electron chi connectivity index (χ1n) is 8.70. The third-order valence-electron chi connectivity index (χ3n) is 4.48. The lowest BCUT2D eigenvalue weighted by Crippen LogP contribution is -2.04. The predicted octanol–water partition coefficient (Wildman–Crippen LogP) is 3.73. The van der Waals surface area contributed by atoms with E-state index >= 15 is 0 Å². The molecule has 0 unspecified atom stereocenters. The Balaban J connectivity index is 1.62. The minimum absolute atomic E-state index is 0.465. The molecule has 2 aromatic carbocycles. The number of aryl methyl sites for hydroxylation is 2. The Morgan fingerprint density at radius 3 is 2.68 bits per heavy atom. The third-order valence-corrected chi connectivity index (χ3v) is 4.88.